The van der Waals surface area contributed by atoms with Gasteiger partial charge in [0, 0.05) is 7.05 Å². The minimum atomic E-state index is -0.694. The molecule has 2 aromatic heterocycles. The Morgan fingerprint density at radius 2 is 2.10 bits per heavy atom. The number of H-pyrrole nitrogens is 2. The summed E-state index contributed by atoms with van der Waals surface area (Å²) in [6.07, 6.45) is 1.32. The standard InChI is InChI=1S/C12H11N5O3/c1-13-7-4-2-3-5-8(7)20-17-10-9(14-6-15-10)11(18)16-12(17)19/h2-6,13H,1H3,(H,14,15)(H,16,18,19). The number of hydrogen-bond donors (Lipinski definition) is 3. The summed E-state index contributed by atoms with van der Waals surface area (Å²) in [5, 5.41) is 2.95. The van der Waals surface area contributed by atoms with E-state index >= 15 is 0 Å². The van der Waals surface area contributed by atoms with Crippen molar-refractivity contribution >= 4 is 16.9 Å². The van der Waals surface area contributed by atoms with Crippen LogP contribution in [0.25, 0.3) is 11.2 Å². The SMILES string of the molecule is CNc1ccccc1On1c(=O)[nH]c(=O)c2[nH]cnc21. The minimum Gasteiger partial charge on any atom is -0.385 e. The zero-order chi connectivity index (χ0) is 14.1. The van der Waals surface area contributed by atoms with E-state index in [1.807, 2.05) is 6.07 Å². The fourth-order valence-corrected chi connectivity index (χ4v) is 1.85. The lowest BCUT2D eigenvalue weighted by molar-refractivity contribution is 0.212. The molecule has 0 fully saturated rings. The van der Waals surface area contributed by atoms with Gasteiger partial charge in [0.2, 0.25) is 5.65 Å². The van der Waals surface area contributed by atoms with Gasteiger partial charge in [-0.05, 0) is 12.1 Å². The molecule has 0 saturated carbocycles. The van der Waals surface area contributed by atoms with E-state index < -0.39 is 11.2 Å². The van der Waals surface area contributed by atoms with Gasteiger partial charge >= 0.3 is 5.69 Å². The van der Waals surface area contributed by atoms with E-state index in [-0.39, 0.29) is 11.2 Å². The van der Waals surface area contributed by atoms with E-state index in [4.69, 9.17) is 4.84 Å². The molecule has 0 atom stereocenters. The van der Waals surface area contributed by atoms with Crippen LogP contribution in [0.3, 0.4) is 0 Å². The van der Waals surface area contributed by atoms with Crippen LogP contribution >= 0.6 is 0 Å². The fourth-order valence-electron chi connectivity index (χ4n) is 1.85. The van der Waals surface area contributed by atoms with Crippen molar-refractivity contribution in [3.05, 3.63) is 51.4 Å². The van der Waals surface area contributed by atoms with Crippen LogP contribution in [0, 0.1) is 0 Å². The van der Waals surface area contributed by atoms with Crippen molar-refractivity contribution in [1.29, 1.82) is 0 Å². The molecule has 3 aromatic rings. The number of benzene rings is 1. The Bertz CT molecular complexity index is 876. The molecule has 0 aliphatic heterocycles. The van der Waals surface area contributed by atoms with E-state index in [1.54, 1.807) is 25.2 Å². The lowest BCUT2D eigenvalue weighted by Crippen LogP contribution is -2.33. The molecular weight excluding hydrogens is 262 g/mol. The first-order valence-corrected chi connectivity index (χ1v) is 5.84. The lowest BCUT2D eigenvalue weighted by Gasteiger charge is -2.11. The molecule has 20 heavy (non-hydrogen) atoms. The van der Waals surface area contributed by atoms with Gasteiger partial charge in [0.05, 0.1) is 12.0 Å². The Kier molecular flexibility index (Phi) is 2.75. The summed E-state index contributed by atoms with van der Waals surface area (Å²) < 4.78 is 0.934. The zero-order valence-electron chi connectivity index (χ0n) is 10.5. The molecule has 0 bridgehead atoms. The number of aromatic amines is 2. The predicted molar refractivity (Wildman–Crippen MR) is 73.0 cm³/mol. The predicted octanol–water partition coefficient (Wildman–Crippen LogP) is 0.297. The molecule has 0 saturated heterocycles. The molecule has 8 nitrogen and oxygen atoms in total. The van der Waals surface area contributed by atoms with Gasteiger partial charge in [-0.3, -0.25) is 9.78 Å². The second-order valence-electron chi connectivity index (χ2n) is 3.99. The molecule has 0 aliphatic carbocycles. The van der Waals surface area contributed by atoms with Gasteiger partial charge in [0.25, 0.3) is 5.56 Å². The third-order valence-electron chi connectivity index (χ3n) is 2.79. The van der Waals surface area contributed by atoms with Gasteiger partial charge < -0.3 is 15.1 Å². The molecule has 0 spiro atoms. The molecule has 0 amide bonds. The van der Waals surface area contributed by atoms with E-state index in [2.05, 4.69) is 20.3 Å². The van der Waals surface area contributed by atoms with Crippen molar-refractivity contribution in [2.24, 2.45) is 0 Å². The molecule has 102 valence electrons. The number of imidazole rings is 1. The highest BCUT2D eigenvalue weighted by Crippen LogP contribution is 2.23. The van der Waals surface area contributed by atoms with Crippen molar-refractivity contribution in [2.45, 2.75) is 0 Å². The van der Waals surface area contributed by atoms with Gasteiger partial charge in [-0.25, -0.2) is 9.78 Å². The third-order valence-corrected chi connectivity index (χ3v) is 2.79. The Morgan fingerprint density at radius 1 is 1.30 bits per heavy atom. The van der Waals surface area contributed by atoms with E-state index in [1.165, 1.54) is 6.33 Å². The average Bonchev–Trinajstić information content (AvgIpc) is 2.93. The quantitative estimate of drug-likeness (QED) is 0.636. The Labute approximate surface area is 112 Å². The van der Waals surface area contributed by atoms with Crippen LogP contribution in [0.2, 0.25) is 0 Å². The van der Waals surface area contributed by atoms with Crippen LogP contribution in [-0.2, 0) is 0 Å². The molecule has 1 aromatic carbocycles. The first kappa shape index (κ1) is 12.0. The summed E-state index contributed by atoms with van der Waals surface area (Å²) in [6.45, 7) is 0. The molecule has 2 heterocycles. The molecule has 0 radical (unpaired) electrons. The summed E-state index contributed by atoms with van der Waals surface area (Å²) in [7, 11) is 1.74. The summed E-state index contributed by atoms with van der Waals surface area (Å²) in [5.41, 5.74) is -0.227. The number of rotatable bonds is 3. The largest absolute Gasteiger partial charge is 0.385 e. The lowest BCUT2D eigenvalue weighted by atomic mass is 10.3. The third kappa shape index (κ3) is 1.83. The highest BCUT2D eigenvalue weighted by molar-refractivity contribution is 5.68. The number of nitrogens with zero attached hydrogens (tertiary/aromatic N) is 2. The van der Waals surface area contributed by atoms with Crippen LogP contribution in [0.1, 0.15) is 0 Å². The van der Waals surface area contributed by atoms with Crippen LogP contribution in [-0.4, -0.2) is 26.7 Å². The molecule has 0 unspecified atom stereocenters. The van der Waals surface area contributed by atoms with Crippen molar-refractivity contribution in [2.75, 3.05) is 12.4 Å². The van der Waals surface area contributed by atoms with Crippen molar-refractivity contribution in [3.63, 3.8) is 0 Å². The molecule has 3 N–H and O–H groups in total. The summed E-state index contributed by atoms with van der Waals surface area (Å²) >= 11 is 0. The van der Waals surface area contributed by atoms with Gasteiger partial charge in [-0.2, -0.15) is 0 Å². The van der Waals surface area contributed by atoms with Gasteiger partial charge in [0.1, 0.15) is 0 Å². The normalized spacial score (nSPS) is 10.7. The minimum absolute atomic E-state index is 0.129. The monoisotopic (exact) mass is 273 g/mol. The maximum atomic E-state index is 11.9. The Hall–Kier alpha value is -3.03. The maximum absolute atomic E-state index is 11.9. The second kappa shape index (κ2) is 4.57. The van der Waals surface area contributed by atoms with Gasteiger partial charge in [-0.1, -0.05) is 12.1 Å². The zero-order valence-corrected chi connectivity index (χ0v) is 10.5. The summed E-state index contributed by atoms with van der Waals surface area (Å²) in [4.78, 5) is 37.7. The smallest absolute Gasteiger partial charge is 0.363 e. The van der Waals surface area contributed by atoms with Crippen molar-refractivity contribution in [3.8, 4) is 5.75 Å². The Morgan fingerprint density at radius 3 is 2.90 bits per heavy atom. The van der Waals surface area contributed by atoms with E-state index in [9.17, 15) is 9.59 Å². The van der Waals surface area contributed by atoms with Gasteiger partial charge in [-0.15, -0.1) is 4.73 Å². The highest BCUT2D eigenvalue weighted by Gasteiger charge is 2.12. The molecular formula is C12H11N5O3. The first-order chi connectivity index (χ1) is 9.70. The second-order valence-corrected chi connectivity index (χ2v) is 3.99. The van der Waals surface area contributed by atoms with E-state index in [0.29, 0.717) is 11.4 Å². The van der Waals surface area contributed by atoms with Crippen molar-refractivity contribution < 1.29 is 4.84 Å². The van der Waals surface area contributed by atoms with Crippen LogP contribution in [0.4, 0.5) is 5.69 Å². The van der Waals surface area contributed by atoms with Gasteiger partial charge in [0.15, 0.2) is 11.3 Å². The number of hydrogen-bond acceptors (Lipinski definition) is 5. The maximum Gasteiger partial charge on any atom is 0.363 e. The number of para-hydroxylation sites is 2. The number of fused-ring (bicyclic) bond motifs is 1. The van der Waals surface area contributed by atoms with Crippen molar-refractivity contribution in [1.82, 2.24) is 19.7 Å². The van der Waals surface area contributed by atoms with Crippen LogP contribution in [0.5, 0.6) is 5.75 Å². The summed E-state index contributed by atoms with van der Waals surface area (Å²) in [6, 6.07) is 7.10. The van der Waals surface area contributed by atoms with E-state index in [0.717, 1.165) is 4.73 Å². The topological polar surface area (TPSA) is 105 Å². The first-order valence-electron chi connectivity index (χ1n) is 5.84. The van der Waals surface area contributed by atoms with Crippen LogP contribution < -0.4 is 21.4 Å². The highest BCUT2D eigenvalue weighted by atomic mass is 16.7. The number of nitrogens with one attached hydrogen (secondary N) is 3. The van der Waals surface area contributed by atoms with Crippen LogP contribution in [0.15, 0.2) is 40.2 Å². The molecule has 3 rings (SSSR count). The molecule has 0 aliphatic rings. The average molecular weight is 273 g/mol. The summed E-state index contributed by atoms with van der Waals surface area (Å²) in [5.74, 6) is 0.438. The molecule has 8 heteroatoms. The Balaban J connectivity index is 2.18. The number of aromatic nitrogens is 4. The number of anilines is 1. The fraction of sp³-hybridized carbons (Fsp3) is 0.0833.